The molecule has 2 nitrogen and oxygen atoms in total. The van der Waals surface area contributed by atoms with Crippen molar-refractivity contribution in [2.24, 2.45) is 0 Å². The molecule has 0 bridgehead atoms. The molecular formula is C41H56Cl2N2. The zero-order valence-corrected chi connectivity index (χ0v) is 31.5. The third-order valence-corrected chi connectivity index (χ3v) is 6.83. The first kappa shape index (κ1) is 41.5. The van der Waals surface area contributed by atoms with E-state index < -0.39 is 0 Å². The molecule has 0 spiro atoms. The number of hydrogen-bond acceptors (Lipinski definition) is 0. The van der Waals surface area contributed by atoms with Gasteiger partial charge in [-0.05, 0) is 44.1 Å². The number of aromatic nitrogens is 2. The zero-order chi connectivity index (χ0) is 34.7. The second kappa shape index (κ2) is 22.1. The molecule has 0 aliphatic carbocycles. The second-order valence-electron chi connectivity index (χ2n) is 8.58. The monoisotopic (exact) mass is 646 g/mol. The Bertz CT molecular complexity index is 1740. The highest BCUT2D eigenvalue weighted by atomic mass is 35.5. The number of halogens is 2. The maximum Gasteiger partial charge on any atom is 0.0559 e. The quantitative estimate of drug-likeness (QED) is 0.178. The molecule has 2 aromatic heterocycles. The lowest BCUT2D eigenvalue weighted by atomic mass is 9.89. The van der Waals surface area contributed by atoms with Gasteiger partial charge in [-0.25, -0.2) is 0 Å². The minimum atomic E-state index is 0.708. The van der Waals surface area contributed by atoms with Crippen molar-refractivity contribution in [1.82, 2.24) is 9.97 Å². The summed E-state index contributed by atoms with van der Waals surface area (Å²) in [5, 5.41) is 5.94. The summed E-state index contributed by atoms with van der Waals surface area (Å²) in [6.07, 6.45) is 9.85. The van der Waals surface area contributed by atoms with Gasteiger partial charge in [-0.3, -0.25) is 0 Å². The van der Waals surface area contributed by atoms with Crippen LogP contribution in [-0.2, 0) is 0 Å². The average molecular weight is 648 g/mol. The van der Waals surface area contributed by atoms with Gasteiger partial charge >= 0.3 is 0 Å². The fourth-order valence-electron chi connectivity index (χ4n) is 5.04. The van der Waals surface area contributed by atoms with E-state index in [9.17, 15) is 0 Å². The van der Waals surface area contributed by atoms with Crippen molar-refractivity contribution in [1.29, 1.82) is 0 Å². The fraction of sp³-hybridized carbons (Fsp3) is 0.317. The molecule has 0 radical (unpaired) electrons. The summed E-state index contributed by atoms with van der Waals surface area (Å²) in [5.74, 6) is 0. The standard InChI is InChI=1S/C31H26Cl2N2.5C2H6/c1-5-7-13-21(19(4)33)27-29-23-15-9-11-17-25(23)34-30(29)26(20(12-6-2)18(3)32)28-22-14-8-10-16-24(22)35-31(27)28;5*1-2/h5-17,34-35H,1H2,2-4H3;5*1-2H3/b12-6-,13-7-,20-18-,21-19-;;;;;. The fourth-order valence-corrected chi connectivity index (χ4v) is 5.35. The third-order valence-electron chi connectivity index (χ3n) is 6.43. The number of fused-ring (bicyclic) bond motifs is 6. The van der Waals surface area contributed by atoms with E-state index in [0.29, 0.717) is 5.03 Å². The summed E-state index contributed by atoms with van der Waals surface area (Å²) in [7, 11) is 0. The Morgan fingerprint density at radius 1 is 0.600 bits per heavy atom. The predicted molar refractivity (Wildman–Crippen MR) is 213 cm³/mol. The molecule has 0 amide bonds. The third kappa shape index (κ3) is 9.06. The molecule has 0 saturated heterocycles. The molecule has 2 heterocycles. The number of aromatic amines is 2. The molecule has 4 heteroatoms. The van der Waals surface area contributed by atoms with Gasteiger partial charge in [-0.1, -0.05) is 166 Å². The number of allylic oxidation sites excluding steroid dienone is 9. The Morgan fingerprint density at radius 3 is 1.29 bits per heavy atom. The SMILES string of the molecule is C=C/C=C\C(=C(/C)Cl)c1c2[nH]c3ccccc3c2c(C(/C=C\C)=C(/C)Cl)c2[nH]c3ccccc3c12.CC.CC.CC.CC.CC. The number of H-pyrrole nitrogens is 2. The number of rotatable bonds is 5. The van der Waals surface area contributed by atoms with Crippen LogP contribution >= 0.6 is 23.2 Å². The van der Waals surface area contributed by atoms with Crippen molar-refractivity contribution >= 4 is 78.0 Å². The first-order chi connectivity index (χ1) is 22.0. The highest BCUT2D eigenvalue weighted by Crippen LogP contribution is 2.47. The van der Waals surface area contributed by atoms with Crippen LogP contribution in [0.1, 0.15) is 101 Å². The van der Waals surface area contributed by atoms with Crippen LogP contribution in [0.15, 0.2) is 95.6 Å². The van der Waals surface area contributed by atoms with E-state index in [1.165, 1.54) is 0 Å². The van der Waals surface area contributed by atoms with Gasteiger partial charge in [0.1, 0.15) is 0 Å². The van der Waals surface area contributed by atoms with Gasteiger partial charge in [0.2, 0.25) is 0 Å². The molecule has 45 heavy (non-hydrogen) atoms. The molecular weight excluding hydrogens is 591 g/mol. The summed E-state index contributed by atoms with van der Waals surface area (Å²) in [4.78, 5) is 7.45. The minimum absolute atomic E-state index is 0.708. The van der Waals surface area contributed by atoms with Crippen LogP contribution in [0.5, 0.6) is 0 Å². The summed E-state index contributed by atoms with van der Waals surface area (Å²) in [6.45, 7) is 29.8. The molecule has 0 atom stereocenters. The number of para-hydroxylation sites is 2. The first-order valence-electron chi connectivity index (χ1n) is 16.6. The lowest BCUT2D eigenvalue weighted by Gasteiger charge is -2.15. The predicted octanol–water partition coefficient (Wildman–Crippen LogP) is 15.3. The lowest BCUT2D eigenvalue weighted by molar-refractivity contribution is 1.50. The van der Waals surface area contributed by atoms with Crippen molar-refractivity contribution in [2.45, 2.75) is 90.0 Å². The van der Waals surface area contributed by atoms with Crippen LogP contribution in [0.25, 0.3) is 54.8 Å². The van der Waals surface area contributed by atoms with Crippen molar-refractivity contribution < 1.29 is 0 Å². The largest absolute Gasteiger partial charge is 0.354 e. The summed E-state index contributed by atoms with van der Waals surface area (Å²) >= 11 is 13.5. The van der Waals surface area contributed by atoms with Gasteiger partial charge < -0.3 is 9.97 Å². The number of hydrogen-bond donors (Lipinski definition) is 2. The summed E-state index contributed by atoms with van der Waals surface area (Å²) < 4.78 is 0. The van der Waals surface area contributed by atoms with Crippen molar-refractivity contribution in [3.8, 4) is 0 Å². The minimum Gasteiger partial charge on any atom is -0.354 e. The Morgan fingerprint density at radius 2 is 0.956 bits per heavy atom. The van der Waals surface area contributed by atoms with Gasteiger partial charge in [0.15, 0.2) is 0 Å². The topological polar surface area (TPSA) is 31.6 Å². The molecule has 0 saturated carbocycles. The molecule has 5 rings (SSSR count). The normalized spacial score (nSPS) is 11.6. The highest BCUT2D eigenvalue weighted by molar-refractivity contribution is 6.37. The molecule has 0 aliphatic heterocycles. The summed E-state index contributed by atoms with van der Waals surface area (Å²) in [6, 6.07) is 16.8. The Kier molecular flexibility index (Phi) is 20.4. The van der Waals surface area contributed by atoms with Crippen molar-refractivity contribution in [3.63, 3.8) is 0 Å². The van der Waals surface area contributed by atoms with Crippen molar-refractivity contribution in [3.05, 3.63) is 107 Å². The van der Waals surface area contributed by atoms with Crippen LogP contribution in [0.3, 0.4) is 0 Å². The first-order valence-corrected chi connectivity index (χ1v) is 17.4. The Labute approximate surface area is 283 Å². The number of nitrogens with one attached hydrogen (secondary N) is 2. The molecule has 0 unspecified atom stereocenters. The maximum absolute atomic E-state index is 6.76. The molecule has 3 aromatic carbocycles. The molecule has 0 aliphatic rings. The summed E-state index contributed by atoms with van der Waals surface area (Å²) in [5.41, 5.74) is 8.27. The average Bonchev–Trinajstić information content (AvgIpc) is 3.67. The van der Waals surface area contributed by atoms with Crippen LogP contribution in [0.4, 0.5) is 0 Å². The van der Waals surface area contributed by atoms with E-state index in [0.717, 1.165) is 70.9 Å². The Balaban J connectivity index is 0.00000177. The van der Waals surface area contributed by atoms with Gasteiger partial charge in [0, 0.05) is 53.8 Å². The molecule has 5 aromatic rings. The number of benzene rings is 3. The Hall–Kier alpha value is -3.46. The van der Waals surface area contributed by atoms with Gasteiger partial charge in [0.05, 0.1) is 11.0 Å². The van der Waals surface area contributed by atoms with E-state index in [1.54, 1.807) is 6.08 Å². The molecule has 0 fully saturated rings. The zero-order valence-electron chi connectivity index (χ0n) is 30.0. The van der Waals surface area contributed by atoms with Crippen LogP contribution < -0.4 is 0 Å². The van der Waals surface area contributed by atoms with E-state index in [1.807, 2.05) is 108 Å². The lowest BCUT2D eigenvalue weighted by Crippen LogP contribution is -1.95. The van der Waals surface area contributed by atoms with Gasteiger partial charge in [-0.2, -0.15) is 0 Å². The second-order valence-corrected chi connectivity index (χ2v) is 9.71. The molecule has 244 valence electrons. The highest BCUT2D eigenvalue weighted by Gasteiger charge is 2.25. The van der Waals surface area contributed by atoms with Crippen LogP contribution in [0.2, 0.25) is 0 Å². The van der Waals surface area contributed by atoms with E-state index in [4.69, 9.17) is 23.2 Å². The van der Waals surface area contributed by atoms with Crippen LogP contribution in [-0.4, -0.2) is 9.97 Å². The van der Waals surface area contributed by atoms with E-state index >= 15 is 0 Å². The van der Waals surface area contributed by atoms with E-state index in [2.05, 4.69) is 71.2 Å². The van der Waals surface area contributed by atoms with Gasteiger partial charge in [0.25, 0.3) is 0 Å². The van der Waals surface area contributed by atoms with Crippen LogP contribution in [0, 0.1) is 0 Å². The van der Waals surface area contributed by atoms with Gasteiger partial charge in [-0.15, -0.1) is 0 Å². The maximum atomic E-state index is 6.76. The van der Waals surface area contributed by atoms with Crippen molar-refractivity contribution in [2.75, 3.05) is 0 Å². The molecule has 2 N–H and O–H groups in total. The van der Waals surface area contributed by atoms with E-state index in [-0.39, 0.29) is 0 Å². The smallest absolute Gasteiger partial charge is 0.0559 e.